The van der Waals surface area contributed by atoms with Crippen LogP contribution in [-0.2, 0) is 4.79 Å². The summed E-state index contributed by atoms with van der Waals surface area (Å²) in [4.78, 5) is 11.8. The minimum Gasteiger partial charge on any atom is -0.482 e. The van der Waals surface area contributed by atoms with Crippen molar-refractivity contribution < 1.29 is 14.6 Å². The number of ether oxygens (including phenoxy) is 1. The average Bonchev–Trinajstić information content (AvgIpc) is 2.72. The van der Waals surface area contributed by atoms with Crippen LogP contribution in [0.1, 0.15) is 16.7 Å². The summed E-state index contributed by atoms with van der Waals surface area (Å²) in [6.07, 6.45) is 2.19. The van der Waals surface area contributed by atoms with Crippen molar-refractivity contribution >= 4 is 34.9 Å². The van der Waals surface area contributed by atoms with Gasteiger partial charge in [-0.1, -0.05) is 66.2 Å². The van der Waals surface area contributed by atoms with E-state index < -0.39 is 5.97 Å². The van der Waals surface area contributed by atoms with E-state index in [2.05, 4.69) is 18.2 Å². The van der Waals surface area contributed by atoms with E-state index in [-0.39, 0.29) is 6.61 Å². The monoisotopic (exact) mass is 424 g/mol. The molecule has 3 rings (SSSR count). The molecule has 0 fully saturated rings. The number of halogens is 1. The summed E-state index contributed by atoms with van der Waals surface area (Å²) >= 11 is 8.15. The van der Waals surface area contributed by atoms with E-state index in [1.807, 2.05) is 67.6 Å². The predicted molar refractivity (Wildman–Crippen MR) is 120 cm³/mol. The van der Waals surface area contributed by atoms with E-state index in [1.165, 1.54) is 0 Å². The lowest BCUT2D eigenvalue weighted by atomic mass is 9.98. The first-order valence-electron chi connectivity index (χ1n) is 9.13. The van der Waals surface area contributed by atoms with Crippen molar-refractivity contribution in [1.29, 1.82) is 0 Å². The number of aliphatic carboxylic acids is 1. The molecule has 0 saturated heterocycles. The first kappa shape index (κ1) is 21.0. The van der Waals surface area contributed by atoms with Crippen LogP contribution < -0.4 is 4.74 Å². The maximum Gasteiger partial charge on any atom is 0.341 e. The summed E-state index contributed by atoms with van der Waals surface area (Å²) in [7, 11) is 0. The van der Waals surface area contributed by atoms with Crippen LogP contribution in [0.5, 0.6) is 5.75 Å². The number of hydrogen-bond acceptors (Lipinski definition) is 3. The molecule has 5 heteroatoms. The third-order valence-corrected chi connectivity index (χ3v) is 5.53. The van der Waals surface area contributed by atoms with Gasteiger partial charge in [0, 0.05) is 21.2 Å². The van der Waals surface area contributed by atoms with Crippen molar-refractivity contribution in [2.45, 2.75) is 11.8 Å². The number of thioether (sulfide) groups is 1. The number of carboxylic acid groups (broad SMARTS) is 1. The first-order chi connectivity index (χ1) is 14.0. The molecule has 3 aromatic rings. The number of carbonyl (C=O) groups is 1. The van der Waals surface area contributed by atoms with E-state index in [0.29, 0.717) is 5.75 Å². The summed E-state index contributed by atoms with van der Waals surface area (Å²) < 4.78 is 5.29. The quantitative estimate of drug-likeness (QED) is 0.429. The molecule has 0 aliphatic heterocycles. The van der Waals surface area contributed by atoms with Gasteiger partial charge in [-0.25, -0.2) is 4.79 Å². The van der Waals surface area contributed by atoms with Crippen molar-refractivity contribution in [1.82, 2.24) is 0 Å². The van der Waals surface area contributed by atoms with Crippen molar-refractivity contribution in [3.05, 3.63) is 101 Å². The molecule has 1 N–H and O–H groups in total. The first-order valence-corrected chi connectivity index (χ1v) is 10.5. The van der Waals surface area contributed by atoms with E-state index in [0.717, 1.165) is 37.9 Å². The predicted octanol–water partition coefficient (Wildman–Crippen LogP) is 6.34. The van der Waals surface area contributed by atoms with Crippen molar-refractivity contribution in [3.8, 4) is 5.75 Å². The van der Waals surface area contributed by atoms with Gasteiger partial charge in [-0.2, -0.15) is 0 Å². The van der Waals surface area contributed by atoms with E-state index in [1.54, 1.807) is 11.8 Å². The molecule has 148 valence electrons. The Morgan fingerprint density at radius 2 is 1.79 bits per heavy atom. The Bertz CT molecular complexity index is 1020. The Morgan fingerprint density at radius 3 is 2.48 bits per heavy atom. The van der Waals surface area contributed by atoms with Crippen LogP contribution in [0.15, 0.2) is 83.8 Å². The summed E-state index contributed by atoms with van der Waals surface area (Å²) in [6, 6.07) is 23.8. The fourth-order valence-electron chi connectivity index (χ4n) is 2.91. The third-order valence-electron chi connectivity index (χ3n) is 4.28. The van der Waals surface area contributed by atoms with Gasteiger partial charge in [0.05, 0.1) is 0 Å². The molecular weight excluding hydrogens is 404 g/mol. The topological polar surface area (TPSA) is 46.5 Å². The van der Waals surface area contributed by atoms with Crippen LogP contribution in [0.4, 0.5) is 0 Å². The van der Waals surface area contributed by atoms with Gasteiger partial charge in [0.1, 0.15) is 5.75 Å². The zero-order valence-electron chi connectivity index (χ0n) is 16.0. The highest BCUT2D eigenvalue weighted by atomic mass is 35.5. The second-order valence-electron chi connectivity index (χ2n) is 6.38. The van der Waals surface area contributed by atoms with Crippen molar-refractivity contribution in [2.75, 3.05) is 12.4 Å². The average molecular weight is 425 g/mol. The number of carboxylic acids is 1. The Hall–Kier alpha value is -2.69. The highest BCUT2D eigenvalue weighted by Gasteiger charge is 2.09. The minimum atomic E-state index is -0.985. The van der Waals surface area contributed by atoms with E-state index >= 15 is 0 Å². The molecule has 0 bridgehead atoms. The largest absolute Gasteiger partial charge is 0.482 e. The molecule has 0 heterocycles. The molecule has 0 saturated carbocycles. The minimum absolute atomic E-state index is 0.339. The summed E-state index contributed by atoms with van der Waals surface area (Å²) in [5, 5.41) is 9.48. The standard InChI is InChI=1S/C24H21ClO3S/c1-17-15-19(11-12-23(17)28-16-24(26)27)29-14-13-20(18-7-3-2-4-8-18)21-9-5-6-10-22(21)25/h2-13,15H,14,16H2,1H3,(H,26,27). The van der Waals surface area contributed by atoms with Crippen LogP contribution in [0.2, 0.25) is 5.02 Å². The molecular formula is C24H21ClO3S. The second-order valence-corrected chi connectivity index (χ2v) is 7.89. The number of aryl methyl sites for hydroxylation is 1. The number of hydrogen-bond donors (Lipinski definition) is 1. The molecule has 0 aromatic heterocycles. The number of benzene rings is 3. The molecule has 0 aliphatic carbocycles. The van der Waals surface area contributed by atoms with Gasteiger partial charge < -0.3 is 9.84 Å². The summed E-state index contributed by atoms with van der Waals surface area (Å²) in [6.45, 7) is 1.57. The van der Waals surface area contributed by atoms with Crippen molar-refractivity contribution in [3.63, 3.8) is 0 Å². The van der Waals surface area contributed by atoms with Crippen LogP contribution in [0, 0.1) is 6.92 Å². The van der Waals surface area contributed by atoms with Gasteiger partial charge in [-0.15, -0.1) is 11.8 Å². The molecule has 3 aromatic carbocycles. The highest BCUT2D eigenvalue weighted by Crippen LogP contribution is 2.31. The molecule has 0 unspecified atom stereocenters. The Morgan fingerprint density at radius 1 is 1.07 bits per heavy atom. The van der Waals surface area contributed by atoms with Crippen LogP contribution >= 0.6 is 23.4 Å². The maximum atomic E-state index is 10.7. The highest BCUT2D eigenvalue weighted by molar-refractivity contribution is 7.99. The Kier molecular flexibility index (Phi) is 7.39. The normalized spacial score (nSPS) is 11.3. The third kappa shape index (κ3) is 5.89. The second kappa shape index (κ2) is 10.2. The Labute approximate surface area is 180 Å². The summed E-state index contributed by atoms with van der Waals surface area (Å²) in [5.74, 6) is 0.374. The van der Waals surface area contributed by atoms with E-state index in [4.69, 9.17) is 21.4 Å². The zero-order chi connectivity index (χ0) is 20.6. The Balaban J connectivity index is 1.78. The van der Waals surface area contributed by atoms with Crippen molar-refractivity contribution in [2.24, 2.45) is 0 Å². The molecule has 29 heavy (non-hydrogen) atoms. The molecule has 0 amide bonds. The van der Waals surface area contributed by atoms with Gasteiger partial charge in [-0.05, 0) is 47.9 Å². The SMILES string of the molecule is Cc1cc(SCC=C(c2ccccc2)c2ccccc2Cl)ccc1OCC(=O)O. The smallest absolute Gasteiger partial charge is 0.341 e. The zero-order valence-corrected chi connectivity index (χ0v) is 17.5. The van der Waals surface area contributed by atoms with Crippen LogP contribution in [0.25, 0.3) is 5.57 Å². The molecule has 0 aliphatic rings. The maximum absolute atomic E-state index is 10.7. The lowest BCUT2D eigenvalue weighted by molar-refractivity contribution is -0.139. The van der Waals surface area contributed by atoms with E-state index in [9.17, 15) is 4.79 Å². The molecule has 3 nitrogen and oxygen atoms in total. The van der Waals surface area contributed by atoms with Gasteiger partial charge in [0.2, 0.25) is 0 Å². The fraction of sp³-hybridized carbons (Fsp3) is 0.125. The number of rotatable bonds is 8. The molecule has 0 spiro atoms. The van der Waals surface area contributed by atoms with Gasteiger partial charge in [0.15, 0.2) is 6.61 Å². The van der Waals surface area contributed by atoms with Gasteiger partial charge >= 0.3 is 5.97 Å². The lowest BCUT2D eigenvalue weighted by Gasteiger charge is -2.11. The van der Waals surface area contributed by atoms with Gasteiger partial charge in [-0.3, -0.25) is 0 Å². The van der Waals surface area contributed by atoms with Crippen LogP contribution in [0.3, 0.4) is 0 Å². The fourth-order valence-corrected chi connectivity index (χ4v) is 4.02. The summed E-state index contributed by atoms with van der Waals surface area (Å²) in [5.41, 5.74) is 4.14. The molecule has 0 radical (unpaired) electrons. The molecule has 0 atom stereocenters. The lowest BCUT2D eigenvalue weighted by Crippen LogP contribution is -2.09. The van der Waals surface area contributed by atoms with Gasteiger partial charge in [0.25, 0.3) is 0 Å². The van der Waals surface area contributed by atoms with Crippen LogP contribution in [-0.4, -0.2) is 23.4 Å².